The fraction of sp³-hybridized carbons (Fsp3) is 0.391. The van der Waals surface area contributed by atoms with E-state index in [4.69, 9.17) is 4.74 Å². The fourth-order valence-electron chi connectivity index (χ4n) is 3.84. The second-order valence-corrected chi connectivity index (χ2v) is 6.34. The summed E-state index contributed by atoms with van der Waals surface area (Å²) < 4.78 is 5.58. The largest absolute Gasteiger partial charge is 0.448 e. The van der Waals surface area contributed by atoms with Crippen molar-refractivity contribution in [1.82, 2.24) is 4.90 Å². The van der Waals surface area contributed by atoms with E-state index in [1.807, 2.05) is 24.3 Å². The van der Waals surface area contributed by atoms with Gasteiger partial charge in [-0.3, -0.25) is 4.90 Å². The highest BCUT2D eigenvalue weighted by molar-refractivity contribution is 5.79. The number of fused-ring (bicyclic) bond motifs is 3. The van der Waals surface area contributed by atoms with Crippen LogP contribution in [0.15, 0.2) is 48.5 Å². The highest BCUT2D eigenvalue weighted by atomic mass is 16.6. The van der Waals surface area contributed by atoms with Gasteiger partial charge in [0, 0.05) is 12.5 Å². The van der Waals surface area contributed by atoms with Crippen molar-refractivity contribution in [3.05, 3.63) is 59.7 Å². The lowest BCUT2D eigenvalue weighted by atomic mass is 9.98. The van der Waals surface area contributed by atoms with Crippen LogP contribution in [0.25, 0.3) is 11.1 Å². The third-order valence-electron chi connectivity index (χ3n) is 5.03. The van der Waals surface area contributed by atoms with Gasteiger partial charge >= 0.3 is 6.09 Å². The number of rotatable bonds is 3. The second kappa shape index (κ2) is 9.36. The Hall–Kier alpha value is -2.62. The minimum Gasteiger partial charge on any atom is -0.448 e. The molecule has 27 heavy (non-hydrogen) atoms. The molecule has 4 rings (SSSR count). The SMILES string of the molecule is C.C.C.O=CC1CCCN1C(=O)OCC1c2ccccc2-c2ccccc21. The Labute approximate surface area is 163 Å². The number of ether oxygens (including phenoxy) is 1. The van der Waals surface area contributed by atoms with Crippen molar-refractivity contribution in [2.45, 2.75) is 47.1 Å². The monoisotopic (exact) mass is 369 g/mol. The van der Waals surface area contributed by atoms with Gasteiger partial charge < -0.3 is 9.53 Å². The quantitative estimate of drug-likeness (QED) is 0.671. The number of nitrogens with zero attached hydrogens (tertiary/aromatic N) is 1. The van der Waals surface area contributed by atoms with Crippen LogP contribution in [0.1, 0.15) is 52.2 Å². The maximum atomic E-state index is 12.3. The molecule has 2 aliphatic rings. The molecule has 4 nitrogen and oxygen atoms in total. The van der Waals surface area contributed by atoms with Gasteiger partial charge in [-0.2, -0.15) is 0 Å². The van der Waals surface area contributed by atoms with E-state index in [2.05, 4.69) is 24.3 Å². The predicted octanol–water partition coefficient (Wildman–Crippen LogP) is 5.51. The molecule has 1 saturated heterocycles. The van der Waals surface area contributed by atoms with E-state index in [1.165, 1.54) is 22.3 Å². The number of carbonyl (C=O) groups excluding carboxylic acids is 2. The summed E-state index contributed by atoms with van der Waals surface area (Å²) >= 11 is 0. The van der Waals surface area contributed by atoms with Crippen molar-refractivity contribution in [2.24, 2.45) is 0 Å². The molecule has 1 aliphatic heterocycles. The van der Waals surface area contributed by atoms with E-state index in [0.717, 1.165) is 19.1 Å². The van der Waals surface area contributed by atoms with Crippen LogP contribution in [0.2, 0.25) is 0 Å². The summed E-state index contributed by atoms with van der Waals surface area (Å²) in [6, 6.07) is 16.2. The van der Waals surface area contributed by atoms with Crippen LogP contribution in [0.4, 0.5) is 4.79 Å². The van der Waals surface area contributed by atoms with E-state index in [-0.39, 0.29) is 40.3 Å². The summed E-state index contributed by atoms with van der Waals surface area (Å²) in [7, 11) is 0. The third-order valence-corrected chi connectivity index (χ3v) is 5.03. The summed E-state index contributed by atoms with van der Waals surface area (Å²) in [6.45, 7) is 0.898. The smallest absolute Gasteiger partial charge is 0.410 e. The summed E-state index contributed by atoms with van der Waals surface area (Å²) in [5.41, 5.74) is 4.81. The van der Waals surface area contributed by atoms with Crippen LogP contribution in [-0.4, -0.2) is 36.5 Å². The maximum Gasteiger partial charge on any atom is 0.410 e. The van der Waals surface area contributed by atoms with Gasteiger partial charge in [0.25, 0.3) is 0 Å². The van der Waals surface area contributed by atoms with E-state index in [1.54, 1.807) is 4.90 Å². The molecule has 0 aromatic heterocycles. The normalized spacial score (nSPS) is 16.9. The van der Waals surface area contributed by atoms with Gasteiger partial charge in [0.1, 0.15) is 12.9 Å². The molecule has 0 bridgehead atoms. The van der Waals surface area contributed by atoms with Gasteiger partial charge in [0.05, 0.1) is 6.04 Å². The third kappa shape index (κ3) is 3.90. The molecule has 1 fully saturated rings. The molecular weight excluding hydrogens is 338 g/mol. The first-order valence-electron chi connectivity index (χ1n) is 8.36. The fourth-order valence-corrected chi connectivity index (χ4v) is 3.84. The van der Waals surface area contributed by atoms with Crippen LogP contribution in [0.5, 0.6) is 0 Å². The Morgan fingerprint density at radius 3 is 2.11 bits per heavy atom. The molecule has 0 saturated carbocycles. The Morgan fingerprint density at radius 1 is 1.00 bits per heavy atom. The van der Waals surface area contributed by atoms with E-state index in [9.17, 15) is 9.59 Å². The van der Waals surface area contributed by atoms with Gasteiger partial charge in [0.15, 0.2) is 0 Å². The first-order chi connectivity index (χ1) is 11.8. The molecule has 1 heterocycles. The minimum atomic E-state index is -0.383. The van der Waals surface area contributed by atoms with Crippen molar-refractivity contribution in [3.8, 4) is 11.1 Å². The minimum absolute atomic E-state index is 0. The first-order valence-corrected chi connectivity index (χ1v) is 8.36. The van der Waals surface area contributed by atoms with E-state index < -0.39 is 0 Å². The first kappa shape index (κ1) is 22.4. The summed E-state index contributed by atoms with van der Waals surface area (Å²) in [6.07, 6.45) is 2.04. The van der Waals surface area contributed by atoms with Crippen molar-refractivity contribution in [2.75, 3.05) is 13.2 Å². The molecule has 0 radical (unpaired) electrons. The lowest BCUT2D eigenvalue weighted by molar-refractivity contribution is -0.111. The molecule has 146 valence electrons. The Morgan fingerprint density at radius 2 is 1.56 bits per heavy atom. The number of amides is 1. The lowest BCUT2D eigenvalue weighted by Gasteiger charge is -2.21. The molecule has 1 aliphatic carbocycles. The zero-order valence-corrected chi connectivity index (χ0v) is 13.4. The highest BCUT2D eigenvalue weighted by Gasteiger charge is 2.32. The zero-order valence-electron chi connectivity index (χ0n) is 13.4. The summed E-state index contributed by atoms with van der Waals surface area (Å²) in [5, 5.41) is 0. The predicted molar refractivity (Wildman–Crippen MR) is 111 cm³/mol. The molecular formula is C23H31NO3. The zero-order chi connectivity index (χ0) is 16.5. The number of hydrogen-bond acceptors (Lipinski definition) is 3. The number of benzene rings is 2. The summed E-state index contributed by atoms with van der Waals surface area (Å²) in [5.74, 6) is 0.0543. The Bertz CT molecular complexity index is 741. The van der Waals surface area contributed by atoms with Crippen molar-refractivity contribution >= 4 is 12.4 Å². The average molecular weight is 370 g/mol. The topological polar surface area (TPSA) is 46.6 Å². The molecule has 2 aromatic carbocycles. The van der Waals surface area contributed by atoms with Gasteiger partial charge in [-0.25, -0.2) is 4.79 Å². The molecule has 0 N–H and O–H groups in total. The van der Waals surface area contributed by atoms with Crippen LogP contribution < -0.4 is 0 Å². The summed E-state index contributed by atoms with van der Waals surface area (Å²) in [4.78, 5) is 24.9. The number of aldehydes is 1. The molecule has 2 aromatic rings. The Balaban J connectivity index is 0.00000121. The molecule has 0 spiro atoms. The van der Waals surface area contributed by atoms with Gasteiger partial charge in [0.2, 0.25) is 0 Å². The number of hydrogen-bond donors (Lipinski definition) is 0. The van der Waals surface area contributed by atoms with E-state index >= 15 is 0 Å². The second-order valence-electron chi connectivity index (χ2n) is 6.34. The standard InChI is InChI=1S/C20H19NO3.3CH4/c22-12-14-6-5-11-21(14)20(23)24-13-19-17-9-3-1-7-15(17)16-8-2-4-10-18(16)19;;;/h1-4,7-10,12,14,19H,5-6,11,13H2;3*1H4. The lowest BCUT2D eigenvalue weighted by Crippen LogP contribution is -2.37. The molecule has 1 amide bonds. The van der Waals surface area contributed by atoms with Crippen LogP contribution in [0, 0.1) is 0 Å². The van der Waals surface area contributed by atoms with Crippen LogP contribution in [-0.2, 0) is 9.53 Å². The number of carbonyl (C=O) groups is 2. The van der Waals surface area contributed by atoms with Crippen molar-refractivity contribution in [1.29, 1.82) is 0 Å². The van der Waals surface area contributed by atoms with Gasteiger partial charge in [-0.05, 0) is 35.1 Å². The van der Waals surface area contributed by atoms with Crippen molar-refractivity contribution in [3.63, 3.8) is 0 Å². The molecule has 1 unspecified atom stereocenters. The van der Waals surface area contributed by atoms with E-state index in [0.29, 0.717) is 13.2 Å². The van der Waals surface area contributed by atoms with Gasteiger partial charge in [-0.15, -0.1) is 0 Å². The Kier molecular flexibility index (Phi) is 7.77. The van der Waals surface area contributed by atoms with Gasteiger partial charge in [-0.1, -0.05) is 70.8 Å². The maximum absolute atomic E-state index is 12.3. The molecule has 4 heteroatoms. The van der Waals surface area contributed by atoms with Crippen LogP contribution in [0.3, 0.4) is 0 Å². The molecule has 1 atom stereocenters. The number of likely N-dealkylation sites (tertiary alicyclic amines) is 1. The van der Waals surface area contributed by atoms with Crippen molar-refractivity contribution < 1.29 is 14.3 Å². The average Bonchev–Trinajstić information content (AvgIpc) is 3.22. The van der Waals surface area contributed by atoms with Crippen LogP contribution >= 0.6 is 0 Å². The highest BCUT2D eigenvalue weighted by Crippen LogP contribution is 2.44.